The van der Waals surface area contributed by atoms with E-state index in [0.717, 1.165) is 40.0 Å². The van der Waals surface area contributed by atoms with Crippen LogP contribution in [0.15, 0.2) is 67.0 Å². The van der Waals surface area contributed by atoms with Crippen molar-refractivity contribution in [3.05, 3.63) is 95.3 Å². The molecule has 4 aromatic rings. The van der Waals surface area contributed by atoms with E-state index in [1.54, 1.807) is 20.4 Å². The van der Waals surface area contributed by atoms with Crippen LogP contribution in [-0.4, -0.2) is 34.2 Å². The maximum atomic E-state index is 13.5. The van der Waals surface area contributed by atoms with Gasteiger partial charge in [0.1, 0.15) is 23.4 Å². The minimum Gasteiger partial charge on any atom is -0.497 e. The van der Waals surface area contributed by atoms with Crippen LogP contribution >= 0.6 is 0 Å². The lowest BCUT2D eigenvalue weighted by Gasteiger charge is -2.19. The smallest absolute Gasteiger partial charge is 0.253 e. The summed E-state index contributed by atoms with van der Waals surface area (Å²) in [6.07, 6.45) is 3.60. The number of imidazole rings is 1. The number of hydrogen-bond donors (Lipinski definition) is 1. The molecule has 0 aliphatic heterocycles. The molecule has 33 heavy (non-hydrogen) atoms. The number of aromatic nitrogens is 3. The standard InChI is InChI=1S/C26H28N4O3/c1-17-16-23(18(2)30(17)20-8-12-22(33-5)13-9-20)26(31)28-24(25-27-14-15-29(25)3)19-6-10-21(32-4)11-7-19/h6-16,24H,1-5H3,(H,28,31). The predicted molar refractivity (Wildman–Crippen MR) is 127 cm³/mol. The van der Waals surface area contributed by atoms with Crippen molar-refractivity contribution in [1.29, 1.82) is 0 Å². The van der Waals surface area contributed by atoms with E-state index in [9.17, 15) is 4.79 Å². The highest BCUT2D eigenvalue weighted by molar-refractivity contribution is 5.96. The molecule has 0 radical (unpaired) electrons. The fourth-order valence-electron chi connectivity index (χ4n) is 4.08. The fraction of sp³-hybridized carbons (Fsp3) is 0.231. The summed E-state index contributed by atoms with van der Waals surface area (Å²) < 4.78 is 14.5. The van der Waals surface area contributed by atoms with Crippen LogP contribution < -0.4 is 14.8 Å². The Labute approximate surface area is 193 Å². The van der Waals surface area contributed by atoms with Gasteiger partial charge in [-0.15, -0.1) is 0 Å². The molecule has 2 aromatic heterocycles. The van der Waals surface area contributed by atoms with Crippen LogP contribution in [0.1, 0.15) is 39.2 Å². The van der Waals surface area contributed by atoms with Crippen molar-refractivity contribution in [3.8, 4) is 17.2 Å². The lowest BCUT2D eigenvalue weighted by Crippen LogP contribution is -2.31. The molecule has 170 valence electrons. The summed E-state index contributed by atoms with van der Waals surface area (Å²) in [4.78, 5) is 18.0. The van der Waals surface area contributed by atoms with Crippen LogP contribution in [0.25, 0.3) is 5.69 Å². The molecule has 1 N–H and O–H groups in total. The van der Waals surface area contributed by atoms with E-state index in [1.165, 1.54) is 0 Å². The second-order valence-electron chi connectivity index (χ2n) is 7.89. The van der Waals surface area contributed by atoms with Crippen molar-refractivity contribution in [3.63, 3.8) is 0 Å². The third kappa shape index (κ3) is 4.35. The van der Waals surface area contributed by atoms with Crippen LogP contribution in [0, 0.1) is 13.8 Å². The van der Waals surface area contributed by atoms with Crippen LogP contribution in [0.5, 0.6) is 11.5 Å². The number of nitrogens with zero attached hydrogens (tertiary/aromatic N) is 3. The highest BCUT2D eigenvalue weighted by Crippen LogP contribution is 2.26. The van der Waals surface area contributed by atoms with Crippen LogP contribution in [0.4, 0.5) is 0 Å². The molecule has 1 amide bonds. The summed E-state index contributed by atoms with van der Waals surface area (Å²) in [6, 6.07) is 16.9. The quantitative estimate of drug-likeness (QED) is 0.460. The molecule has 4 rings (SSSR count). The molecule has 0 spiro atoms. The third-order valence-electron chi connectivity index (χ3n) is 5.85. The molecule has 0 aliphatic carbocycles. The summed E-state index contributed by atoms with van der Waals surface area (Å²) >= 11 is 0. The lowest BCUT2D eigenvalue weighted by atomic mass is 10.0. The SMILES string of the molecule is COc1ccc(C(NC(=O)c2cc(C)n(-c3ccc(OC)cc3)c2C)c2nccn2C)cc1. The molecule has 0 saturated heterocycles. The van der Waals surface area contributed by atoms with Crippen molar-refractivity contribution in [2.24, 2.45) is 7.05 Å². The zero-order valence-electron chi connectivity index (χ0n) is 19.5. The summed E-state index contributed by atoms with van der Waals surface area (Å²) in [5, 5.41) is 3.18. The largest absolute Gasteiger partial charge is 0.497 e. The Morgan fingerprint density at radius 2 is 1.58 bits per heavy atom. The van der Waals surface area contributed by atoms with Gasteiger partial charge in [0.25, 0.3) is 5.91 Å². The van der Waals surface area contributed by atoms with Gasteiger partial charge in [-0.25, -0.2) is 4.98 Å². The van der Waals surface area contributed by atoms with Gasteiger partial charge in [0.15, 0.2) is 0 Å². The lowest BCUT2D eigenvalue weighted by molar-refractivity contribution is 0.0940. The number of rotatable bonds is 7. The Bertz CT molecular complexity index is 1250. The normalized spacial score (nSPS) is 11.8. The second kappa shape index (κ2) is 9.24. The highest BCUT2D eigenvalue weighted by Gasteiger charge is 2.24. The van der Waals surface area contributed by atoms with Gasteiger partial charge in [0.05, 0.1) is 19.8 Å². The number of amides is 1. The third-order valence-corrected chi connectivity index (χ3v) is 5.85. The number of aryl methyl sites for hydroxylation is 2. The molecule has 0 aliphatic rings. The molecule has 0 bridgehead atoms. The van der Waals surface area contributed by atoms with Gasteiger partial charge in [-0.2, -0.15) is 0 Å². The van der Waals surface area contributed by atoms with E-state index in [4.69, 9.17) is 9.47 Å². The van der Waals surface area contributed by atoms with Crippen LogP contribution in [0.3, 0.4) is 0 Å². The van der Waals surface area contributed by atoms with Crippen molar-refractivity contribution >= 4 is 5.91 Å². The van der Waals surface area contributed by atoms with Gasteiger partial charge in [0.2, 0.25) is 0 Å². The van der Waals surface area contributed by atoms with Crippen molar-refractivity contribution in [1.82, 2.24) is 19.4 Å². The minimum atomic E-state index is -0.410. The minimum absolute atomic E-state index is 0.160. The summed E-state index contributed by atoms with van der Waals surface area (Å²) in [5.41, 5.74) is 4.35. The Morgan fingerprint density at radius 3 is 2.12 bits per heavy atom. The first kappa shape index (κ1) is 22.2. The first-order valence-electron chi connectivity index (χ1n) is 10.7. The van der Waals surface area contributed by atoms with Gasteiger partial charge in [-0.3, -0.25) is 4.79 Å². The number of hydrogen-bond acceptors (Lipinski definition) is 4. The maximum Gasteiger partial charge on any atom is 0.253 e. The number of carbonyl (C=O) groups excluding carboxylic acids is 1. The van der Waals surface area contributed by atoms with E-state index in [1.807, 2.05) is 86.3 Å². The van der Waals surface area contributed by atoms with E-state index < -0.39 is 6.04 Å². The molecule has 0 saturated carbocycles. The first-order chi connectivity index (χ1) is 15.9. The summed E-state index contributed by atoms with van der Waals surface area (Å²) in [5.74, 6) is 2.13. The van der Waals surface area contributed by atoms with Gasteiger partial charge < -0.3 is 23.9 Å². The fourth-order valence-corrected chi connectivity index (χ4v) is 4.08. The van der Waals surface area contributed by atoms with Gasteiger partial charge in [-0.05, 0) is 61.9 Å². The molecular formula is C26H28N4O3. The topological polar surface area (TPSA) is 70.3 Å². The number of carbonyl (C=O) groups is 1. The van der Waals surface area contributed by atoms with Crippen LogP contribution in [0.2, 0.25) is 0 Å². The molecule has 1 atom stereocenters. The molecular weight excluding hydrogens is 416 g/mol. The second-order valence-corrected chi connectivity index (χ2v) is 7.89. The molecule has 7 heteroatoms. The molecule has 0 fully saturated rings. The summed E-state index contributed by atoms with van der Waals surface area (Å²) in [6.45, 7) is 3.95. The number of nitrogens with one attached hydrogen (secondary N) is 1. The zero-order chi connectivity index (χ0) is 23.5. The van der Waals surface area contributed by atoms with Gasteiger partial charge >= 0.3 is 0 Å². The predicted octanol–water partition coefficient (Wildman–Crippen LogP) is 4.36. The van der Waals surface area contributed by atoms with Crippen molar-refractivity contribution in [2.45, 2.75) is 19.9 Å². The maximum absolute atomic E-state index is 13.5. The number of ether oxygens (including phenoxy) is 2. The number of benzene rings is 2. The molecule has 2 heterocycles. The van der Waals surface area contributed by atoms with Gasteiger partial charge in [0, 0.05) is 36.5 Å². The van der Waals surface area contributed by atoms with E-state index in [-0.39, 0.29) is 5.91 Å². The van der Waals surface area contributed by atoms with Crippen molar-refractivity contribution in [2.75, 3.05) is 14.2 Å². The zero-order valence-corrected chi connectivity index (χ0v) is 19.5. The Balaban J connectivity index is 1.67. The Morgan fingerprint density at radius 1 is 0.970 bits per heavy atom. The number of methoxy groups -OCH3 is 2. The Kier molecular flexibility index (Phi) is 6.22. The van der Waals surface area contributed by atoms with E-state index >= 15 is 0 Å². The average molecular weight is 445 g/mol. The average Bonchev–Trinajstić information content (AvgIpc) is 3.39. The van der Waals surface area contributed by atoms with Crippen LogP contribution in [-0.2, 0) is 7.05 Å². The molecule has 7 nitrogen and oxygen atoms in total. The highest BCUT2D eigenvalue weighted by atomic mass is 16.5. The van der Waals surface area contributed by atoms with Gasteiger partial charge in [-0.1, -0.05) is 12.1 Å². The van der Waals surface area contributed by atoms with E-state index in [2.05, 4.69) is 14.9 Å². The molecule has 2 aromatic carbocycles. The molecule has 1 unspecified atom stereocenters. The summed E-state index contributed by atoms with van der Waals surface area (Å²) in [7, 11) is 5.19. The van der Waals surface area contributed by atoms with E-state index in [0.29, 0.717) is 5.56 Å². The first-order valence-corrected chi connectivity index (χ1v) is 10.7. The van der Waals surface area contributed by atoms with Crippen molar-refractivity contribution < 1.29 is 14.3 Å². The Hall–Kier alpha value is -4.00. The monoisotopic (exact) mass is 444 g/mol.